The molecule has 1 aromatic rings. The van der Waals surface area contributed by atoms with Crippen molar-refractivity contribution in [3.63, 3.8) is 0 Å². The lowest BCUT2D eigenvalue weighted by atomic mass is 9.91. The lowest BCUT2D eigenvalue weighted by Crippen LogP contribution is -2.63. The molecule has 0 radical (unpaired) electrons. The van der Waals surface area contributed by atoms with Gasteiger partial charge in [0.05, 0.1) is 18.8 Å². The van der Waals surface area contributed by atoms with Crippen molar-refractivity contribution in [2.24, 2.45) is 5.92 Å². The van der Waals surface area contributed by atoms with Gasteiger partial charge in [-0.3, -0.25) is 4.90 Å². The van der Waals surface area contributed by atoms with E-state index in [4.69, 9.17) is 0 Å². The maximum atomic E-state index is 12.8. The highest BCUT2D eigenvalue weighted by Gasteiger charge is 2.42. The van der Waals surface area contributed by atoms with Gasteiger partial charge in [-0.25, -0.2) is 4.98 Å². The normalized spacial score (nSPS) is 33.4. The number of alkyl halides is 3. The van der Waals surface area contributed by atoms with Gasteiger partial charge in [-0.2, -0.15) is 13.2 Å². The number of hydrogen-bond donors (Lipinski definition) is 4. The van der Waals surface area contributed by atoms with Crippen LogP contribution in [0.15, 0.2) is 5.38 Å². The second kappa shape index (κ2) is 8.18. The molecule has 0 aliphatic carbocycles. The van der Waals surface area contributed by atoms with Crippen molar-refractivity contribution < 1.29 is 33.6 Å². The van der Waals surface area contributed by atoms with Crippen molar-refractivity contribution in [1.29, 1.82) is 0 Å². The largest absolute Gasteiger partial charge is 0.434 e. The molecule has 0 unspecified atom stereocenters. The molecule has 0 bridgehead atoms. The van der Waals surface area contributed by atoms with Crippen LogP contribution in [0.2, 0.25) is 0 Å². The van der Waals surface area contributed by atoms with E-state index in [0.29, 0.717) is 24.8 Å². The number of aromatic nitrogens is 1. The van der Waals surface area contributed by atoms with Crippen LogP contribution in [0.3, 0.4) is 0 Å². The summed E-state index contributed by atoms with van der Waals surface area (Å²) in [6.07, 6.45) is -6.51. The van der Waals surface area contributed by atoms with Gasteiger partial charge in [-0.05, 0) is 18.8 Å². The average molecular weight is 411 g/mol. The molecule has 1 aromatic heterocycles. The van der Waals surface area contributed by atoms with Crippen molar-refractivity contribution in [1.82, 2.24) is 9.88 Å². The van der Waals surface area contributed by atoms with Gasteiger partial charge in [0.1, 0.15) is 12.2 Å². The summed E-state index contributed by atoms with van der Waals surface area (Å²) < 4.78 is 38.3. The Morgan fingerprint density at radius 1 is 1.19 bits per heavy atom. The molecule has 4 N–H and O–H groups in total. The molecule has 7 nitrogen and oxygen atoms in total. The van der Waals surface area contributed by atoms with Crippen molar-refractivity contribution in [2.75, 3.05) is 37.7 Å². The van der Waals surface area contributed by atoms with Crippen LogP contribution in [-0.4, -0.2) is 87.4 Å². The molecule has 11 heteroatoms. The van der Waals surface area contributed by atoms with Crippen LogP contribution in [0.1, 0.15) is 18.5 Å². The number of aliphatic hydroxyl groups is 4. The maximum absolute atomic E-state index is 12.8. The van der Waals surface area contributed by atoms with Crippen LogP contribution in [0.25, 0.3) is 0 Å². The number of hydrogen-bond acceptors (Lipinski definition) is 8. The summed E-state index contributed by atoms with van der Waals surface area (Å²) in [6.45, 7) is 1.35. The molecule has 27 heavy (non-hydrogen) atoms. The van der Waals surface area contributed by atoms with Gasteiger partial charge in [0.2, 0.25) is 0 Å². The third-order valence-electron chi connectivity index (χ3n) is 5.28. The van der Waals surface area contributed by atoms with E-state index in [2.05, 4.69) is 4.98 Å². The first-order chi connectivity index (χ1) is 12.7. The first-order valence-corrected chi connectivity index (χ1v) is 9.75. The summed E-state index contributed by atoms with van der Waals surface area (Å²) in [4.78, 5) is 7.28. The van der Waals surface area contributed by atoms with Gasteiger partial charge >= 0.3 is 6.18 Å². The van der Waals surface area contributed by atoms with E-state index in [1.165, 1.54) is 0 Å². The van der Waals surface area contributed by atoms with Crippen LogP contribution in [-0.2, 0) is 6.18 Å². The molecule has 2 fully saturated rings. The summed E-state index contributed by atoms with van der Waals surface area (Å²) in [5.41, 5.74) is -0.888. The highest BCUT2D eigenvalue weighted by atomic mass is 32.1. The summed E-state index contributed by atoms with van der Waals surface area (Å²) in [5, 5.41) is 40.7. The number of aliphatic hydroxyl groups excluding tert-OH is 4. The Bertz CT molecular complexity index is 632. The minimum absolute atomic E-state index is 0.0840. The highest BCUT2D eigenvalue weighted by Crippen LogP contribution is 2.34. The van der Waals surface area contributed by atoms with Gasteiger partial charge < -0.3 is 25.3 Å². The number of rotatable bonds is 4. The van der Waals surface area contributed by atoms with Crippen LogP contribution in [0.4, 0.5) is 18.3 Å². The molecule has 0 spiro atoms. The van der Waals surface area contributed by atoms with Crippen molar-refractivity contribution in [3.05, 3.63) is 11.1 Å². The molecule has 0 saturated carbocycles. The predicted octanol–water partition coefficient (Wildman–Crippen LogP) is 0.137. The molecule has 0 amide bonds. The van der Waals surface area contributed by atoms with Crippen molar-refractivity contribution >= 4 is 16.5 Å². The smallest absolute Gasteiger partial charge is 0.395 e. The Balaban J connectivity index is 1.65. The number of likely N-dealkylation sites (tertiary alicyclic amines) is 1. The second-order valence-corrected chi connectivity index (χ2v) is 8.06. The van der Waals surface area contributed by atoms with E-state index in [1.807, 2.05) is 4.90 Å². The van der Waals surface area contributed by atoms with Gasteiger partial charge in [-0.15, -0.1) is 11.3 Å². The first kappa shape index (κ1) is 20.7. The van der Waals surface area contributed by atoms with Crippen molar-refractivity contribution in [3.8, 4) is 0 Å². The summed E-state index contributed by atoms with van der Waals surface area (Å²) in [7, 11) is 0. The molecule has 3 rings (SSSR count). The Hall–Kier alpha value is -0.980. The lowest BCUT2D eigenvalue weighted by molar-refractivity contribution is -0.147. The summed E-state index contributed by atoms with van der Waals surface area (Å²) in [5.74, 6) is 0.0840. The predicted molar refractivity (Wildman–Crippen MR) is 92.5 cm³/mol. The standard InChI is InChI=1S/C16H24F3N3O4S/c17-16(18,19)12-8-27-15(20-12)21-3-1-2-9(4-21)5-22-6-11(24)14(26)13(25)10(22)7-23/h8-11,13-14,23-26H,1-7H2/t9-,10-,11-,13+,14+/m0/s1. The van der Waals surface area contributed by atoms with Gasteiger partial charge in [0.15, 0.2) is 10.8 Å². The van der Waals surface area contributed by atoms with Crippen LogP contribution in [0, 0.1) is 5.92 Å². The molecule has 2 saturated heterocycles. The van der Waals surface area contributed by atoms with E-state index < -0.39 is 36.2 Å². The molecule has 154 valence electrons. The zero-order valence-electron chi connectivity index (χ0n) is 14.6. The molecule has 5 atom stereocenters. The van der Waals surface area contributed by atoms with E-state index in [0.717, 1.165) is 29.6 Å². The zero-order chi connectivity index (χ0) is 19.8. The van der Waals surface area contributed by atoms with E-state index >= 15 is 0 Å². The average Bonchev–Trinajstić information content (AvgIpc) is 3.11. The number of piperidine rings is 2. The molecular formula is C16H24F3N3O4S. The molecule has 3 heterocycles. The van der Waals surface area contributed by atoms with Gasteiger partial charge in [0, 0.05) is 31.6 Å². The number of anilines is 1. The summed E-state index contributed by atoms with van der Waals surface area (Å²) in [6, 6.07) is -0.685. The fraction of sp³-hybridized carbons (Fsp3) is 0.812. The van der Waals surface area contributed by atoms with E-state index in [9.17, 15) is 33.6 Å². The first-order valence-electron chi connectivity index (χ1n) is 8.87. The molecular weight excluding hydrogens is 387 g/mol. The lowest BCUT2D eigenvalue weighted by Gasteiger charge is -2.45. The maximum Gasteiger partial charge on any atom is 0.434 e. The number of β-amino-alcohol motifs (C(OH)–C–C–N with tert-alkyl or cyclic N) is 1. The summed E-state index contributed by atoms with van der Waals surface area (Å²) >= 11 is 0.965. The molecule has 0 aromatic carbocycles. The Morgan fingerprint density at radius 2 is 1.93 bits per heavy atom. The second-order valence-electron chi connectivity index (χ2n) is 7.22. The Morgan fingerprint density at radius 3 is 2.56 bits per heavy atom. The third kappa shape index (κ3) is 4.54. The third-order valence-corrected chi connectivity index (χ3v) is 6.18. The number of halogens is 3. The molecule has 2 aliphatic rings. The molecule has 2 aliphatic heterocycles. The van der Waals surface area contributed by atoms with Crippen LogP contribution < -0.4 is 4.90 Å². The van der Waals surface area contributed by atoms with Crippen LogP contribution >= 0.6 is 11.3 Å². The fourth-order valence-electron chi connectivity index (χ4n) is 3.85. The monoisotopic (exact) mass is 411 g/mol. The number of nitrogens with zero attached hydrogens (tertiary/aromatic N) is 3. The Labute approximate surface area is 158 Å². The van der Waals surface area contributed by atoms with Gasteiger partial charge in [-0.1, -0.05) is 0 Å². The topological polar surface area (TPSA) is 100 Å². The minimum Gasteiger partial charge on any atom is -0.395 e. The zero-order valence-corrected chi connectivity index (χ0v) is 15.4. The quantitative estimate of drug-likeness (QED) is 0.559. The minimum atomic E-state index is -4.46. The van der Waals surface area contributed by atoms with E-state index in [-0.39, 0.29) is 19.1 Å². The van der Waals surface area contributed by atoms with Crippen LogP contribution in [0.5, 0.6) is 0 Å². The van der Waals surface area contributed by atoms with E-state index in [1.54, 1.807) is 4.90 Å². The SMILES string of the molecule is OC[C@H]1[C@@H](O)[C@H](O)[C@@H](O)CN1C[C@H]1CCCN(c2nc(C(F)(F)F)cs2)C1. The Kier molecular flexibility index (Phi) is 6.28. The fourth-order valence-corrected chi connectivity index (χ4v) is 4.72. The highest BCUT2D eigenvalue weighted by molar-refractivity contribution is 7.13. The number of thiazole rings is 1. The van der Waals surface area contributed by atoms with Gasteiger partial charge in [0.25, 0.3) is 0 Å². The van der Waals surface area contributed by atoms with Crippen molar-refractivity contribution in [2.45, 2.75) is 43.4 Å².